The molecule has 2 aliphatic heterocycles. The molecular formula is C25H29N3O5. The lowest BCUT2D eigenvalue weighted by molar-refractivity contribution is -0.141. The van der Waals surface area contributed by atoms with Crippen LogP contribution in [-0.2, 0) is 25.6 Å². The molecule has 0 spiro atoms. The molecule has 0 unspecified atom stereocenters. The Morgan fingerprint density at radius 3 is 2.52 bits per heavy atom. The zero-order chi connectivity index (χ0) is 23.4. The van der Waals surface area contributed by atoms with Crippen LogP contribution in [0.3, 0.4) is 0 Å². The van der Waals surface area contributed by atoms with Crippen LogP contribution in [0.25, 0.3) is 0 Å². The predicted octanol–water partition coefficient (Wildman–Crippen LogP) is 3.26. The number of hydrogen-bond acceptors (Lipinski definition) is 5. The lowest BCUT2D eigenvalue weighted by Crippen LogP contribution is -2.51. The van der Waals surface area contributed by atoms with Crippen molar-refractivity contribution in [2.75, 3.05) is 31.6 Å². The van der Waals surface area contributed by atoms with Gasteiger partial charge in [0.15, 0.2) is 12.1 Å². The molecule has 2 aromatic carbocycles. The van der Waals surface area contributed by atoms with Gasteiger partial charge in [-0.3, -0.25) is 14.5 Å². The first-order valence-corrected chi connectivity index (χ1v) is 11.3. The van der Waals surface area contributed by atoms with Crippen molar-refractivity contribution in [2.24, 2.45) is 0 Å². The van der Waals surface area contributed by atoms with Crippen molar-refractivity contribution in [3.63, 3.8) is 0 Å². The Bertz CT molecular complexity index is 1020. The molecule has 2 aromatic rings. The maximum Gasteiger partial charge on any atom is 0.411 e. The van der Waals surface area contributed by atoms with Crippen molar-refractivity contribution in [1.82, 2.24) is 9.80 Å². The highest BCUT2D eigenvalue weighted by Gasteiger charge is 2.48. The highest BCUT2D eigenvalue weighted by molar-refractivity contribution is 5.91. The minimum atomic E-state index is -0.811. The molecule has 2 aliphatic rings. The van der Waals surface area contributed by atoms with E-state index in [0.29, 0.717) is 44.0 Å². The number of nitrogens with zero attached hydrogens (tertiary/aromatic N) is 2. The van der Waals surface area contributed by atoms with E-state index in [1.807, 2.05) is 37.3 Å². The zero-order valence-corrected chi connectivity index (χ0v) is 19.0. The average molecular weight is 452 g/mol. The van der Waals surface area contributed by atoms with E-state index in [4.69, 9.17) is 9.47 Å². The standard InChI is InChI=1S/C25H29N3O5/c1-3-21(29)26-20-6-4-5-19(15-20)23-22(24(30)27-11-13-32-14-12-27)28(25(31)33-23)16-18-9-7-17(2)8-10-18/h4-10,15,22-23H,3,11-14,16H2,1-2H3,(H,26,29)/t22-,23-/m0/s1. The van der Waals surface area contributed by atoms with E-state index in [-0.39, 0.29) is 18.4 Å². The third-order valence-electron chi connectivity index (χ3n) is 5.95. The molecule has 0 radical (unpaired) electrons. The number of ether oxygens (including phenoxy) is 2. The molecule has 174 valence electrons. The monoisotopic (exact) mass is 451 g/mol. The van der Waals surface area contributed by atoms with Gasteiger partial charge in [-0.25, -0.2) is 4.79 Å². The molecule has 0 saturated carbocycles. The van der Waals surface area contributed by atoms with E-state index in [9.17, 15) is 14.4 Å². The predicted molar refractivity (Wildman–Crippen MR) is 122 cm³/mol. The van der Waals surface area contributed by atoms with Gasteiger partial charge in [-0.1, -0.05) is 48.9 Å². The maximum absolute atomic E-state index is 13.6. The lowest BCUT2D eigenvalue weighted by Gasteiger charge is -2.33. The van der Waals surface area contributed by atoms with Crippen molar-refractivity contribution in [1.29, 1.82) is 0 Å². The van der Waals surface area contributed by atoms with Gasteiger partial charge >= 0.3 is 6.09 Å². The number of carbonyl (C=O) groups is 3. The van der Waals surface area contributed by atoms with Gasteiger partial charge in [-0.15, -0.1) is 0 Å². The smallest absolute Gasteiger partial charge is 0.411 e. The summed E-state index contributed by atoms with van der Waals surface area (Å²) in [6.07, 6.45) is -0.961. The summed E-state index contributed by atoms with van der Waals surface area (Å²) in [6.45, 7) is 5.92. The highest BCUT2D eigenvalue weighted by atomic mass is 16.6. The van der Waals surface area contributed by atoms with Gasteiger partial charge in [0.25, 0.3) is 0 Å². The fourth-order valence-corrected chi connectivity index (χ4v) is 4.10. The van der Waals surface area contributed by atoms with E-state index >= 15 is 0 Å². The minimum absolute atomic E-state index is 0.113. The van der Waals surface area contributed by atoms with Crippen LogP contribution in [0.1, 0.15) is 36.1 Å². The van der Waals surface area contributed by atoms with E-state index in [1.165, 1.54) is 4.90 Å². The van der Waals surface area contributed by atoms with Crippen molar-refractivity contribution < 1.29 is 23.9 Å². The third kappa shape index (κ3) is 5.17. The van der Waals surface area contributed by atoms with Crippen LogP contribution < -0.4 is 5.32 Å². The lowest BCUT2D eigenvalue weighted by atomic mass is 9.99. The summed E-state index contributed by atoms with van der Waals surface area (Å²) in [6, 6.07) is 14.2. The molecule has 2 atom stereocenters. The Morgan fingerprint density at radius 2 is 1.82 bits per heavy atom. The van der Waals surface area contributed by atoms with Crippen molar-refractivity contribution >= 4 is 23.6 Å². The van der Waals surface area contributed by atoms with Gasteiger partial charge in [0.1, 0.15) is 0 Å². The highest BCUT2D eigenvalue weighted by Crippen LogP contribution is 2.36. The van der Waals surface area contributed by atoms with Gasteiger partial charge in [-0.2, -0.15) is 0 Å². The first-order chi connectivity index (χ1) is 16.0. The van der Waals surface area contributed by atoms with Gasteiger partial charge in [0.05, 0.1) is 19.8 Å². The first kappa shape index (κ1) is 22.8. The average Bonchev–Trinajstić information content (AvgIpc) is 3.16. The molecule has 0 bridgehead atoms. The second-order valence-electron chi connectivity index (χ2n) is 8.33. The van der Waals surface area contributed by atoms with Crippen LogP contribution in [0, 0.1) is 6.92 Å². The fraction of sp³-hybridized carbons (Fsp3) is 0.400. The molecule has 2 fully saturated rings. The van der Waals surface area contributed by atoms with E-state index in [2.05, 4.69) is 5.32 Å². The van der Waals surface area contributed by atoms with Crippen LogP contribution in [-0.4, -0.2) is 60.1 Å². The van der Waals surface area contributed by atoms with Gasteiger partial charge in [0, 0.05) is 25.2 Å². The molecule has 0 aromatic heterocycles. The summed E-state index contributed by atoms with van der Waals surface area (Å²) >= 11 is 0. The molecule has 8 heteroatoms. The third-order valence-corrected chi connectivity index (χ3v) is 5.95. The number of cyclic esters (lactones) is 1. The van der Waals surface area contributed by atoms with Crippen LogP contribution in [0.15, 0.2) is 48.5 Å². The van der Waals surface area contributed by atoms with Crippen molar-refractivity contribution in [2.45, 2.75) is 39.0 Å². The number of nitrogens with one attached hydrogen (secondary N) is 1. The Balaban J connectivity index is 1.65. The second kappa shape index (κ2) is 10.0. The normalized spacial score (nSPS) is 20.5. The number of rotatable bonds is 6. The topological polar surface area (TPSA) is 88.2 Å². The molecule has 8 nitrogen and oxygen atoms in total. The SMILES string of the molecule is CCC(=O)Nc1cccc([C@@H]2OC(=O)N(Cc3ccc(C)cc3)[C@@H]2C(=O)N2CCOCC2)c1. The number of hydrogen-bond donors (Lipinski definition) is 1. The second-order valence-corrected chi connectivity index (χ2v) is 8.33. The summed E-state index contributed by atoms with van der Waals surface area (Å²) in [7, 11) is 0. The largest absolute Gasteiger partial charge is 0.438 e. The van der Waals surface area contributed by atoms with Crippen molar-refractivity contribution in [3.8, 4) is 0 Å². The minimum Gasteiger partial charge on any atom is -0.438 e. The van der Waals surface area contributed by atoms with Crippen LogP contribution >= 0.6 is 0 Å². The summed E-state index contributed by atoms with van der Waals surface area (Å²) < 4.78 is 11.2. The molecule has 2 heterocycles. The van der Waals surface area contributed by atoms with E-state index < -0.39 is 18.2 Å². The Morgan fingerprint density at radius 1 is 1.09 bits per heavy atom. The van der Waals surface area contributed by atoms with Gasteiger partial charge in [-0.05, 0) is 30.2 Å². The Kier molecular flexibility index (Phi) is 6.93. The number of amides is 3. The van der Waals surface area contributed by atoms with Gasteiger partial charge in [0.2, 0.25) is 11.8 Å². The summed E-state index contributed by atoms with van der Waals surface area (Å²) in [4.78, 5) is 41.7. The number of morpholine rings is 1. The van der Waals surface area contributed by atoms with Gasteiger partial charge < -0.3 is 19.7 Å². The molecule has 2 saturated heterocycles. The number of benzene rings is 2. The van der Waals surface area contributed by atoms with Crippen LogP contribution in [0.2, 0.25) is 0 Å². The Labute approximate surface area is 193 Å². The number of aryl methyl sites for hydroxylation is 1. The number of carbonyl (C=O) groups excluding carboxylic acids is 3. The summed E-state index contributed by atoms with van der Waals surface area (Å²) in [5.41, 5.74) is 3.30. The fourth-order valence-electron chi connectivity index (χ4n) is 4.10. The quantitative estimate of drug-likeness (QED) is 0.728. The van der Waals surface area contributed by atoms with Crippen LogP contribution in [0.4, 0.5) is 10.5 Å². The molecular weight excluding hydrogens is 422 g/mol. The molecule has 3 amide bonds. The first-order valence-electron chi connectivity index (χ1n) is 11.3. The summed E-state index contributed by atoms with van der Waals surface area (Å²) in [5.74, 6) is -0.276. The molecule has 1 N–H and O–H groups in total. The zero-order valence-electron chi connectivity index (χ0n) is 19.0. The van der Waals surface area contributed by atoms with E-state index in [0.717, 1.165) is 11.1 Å². The molecule has 33 heavy (non-hydrogen) atoms. The Hall–Kier alpha value is -3.39. The molecule has 0 aliphatic carbocycles. The summed E-state index contributed by atoms with van der Waals surface area (Å²) in [5, 5.41) is 2.83. The molecule has 4 rings (SSSR count). The number of anilines is 1. The van der Waals surface area contributed by atoms with Crippen molar-refractivity contribution in [3.05, 3.63) is 65.2 Å². The van der Waals surface area contributed by atoms with Crippen LogP contribution in [0.5, 0.6) is 0 Å². The van der Waals surface area contributed by atoms with E-state index in [1.54, 1.807) is 30.0 Å². The maximum atomic E-state index is 13.6.